The summed E-state index contributed by atoms with van der Waals surface area (Å²) in [5.41, 5.74) is 7.62. The molecule has 3 N–H and O–H groups in total. The van der Waals surface area contributed by atoms with Crippen molar-refractivity contribution in [2.24, 2.45) is 11.7 Å². The first-order chi connectivity index (χ1) is 9.26. The number of hydrogen-bond acceptors (Lipinski definition) is 4. The zero-order chi connectivity index (χ0) is 13.2. The van der Waals surface area contributed by atoms with Gasteiger partial charge in [-0.1, -0.05) is 18.2 Å². The number of para-hydroxylation sites is 1. The lowest BCUT2D eigenvalue weighted by atomic mass is 9.91. The molecule has 3 rings (SSSR count). The molecule has 0 aliphatic heterocycles. The fourth-order valence-corrected chi connectivity index (χ4v) is 2.60. The summed E-state index contributed by atoms with van der Waals surface area (Å²) >= 11 is 0. The predicted octanol–water partition coefficient (Wildman–Crippen LogP) is 2.03. The van der Waals surface area contributed by atoms with Crippen LogP contribution in [-0.4, -0.2) is 16.6 Å². The van der Waals surface area contributed by atoms with Crippen molar-refractivity contribution in [3.63, 3.8) is 0 Å². The van der Waals surface area contributed by atoms with E-state index in [-0.39, 0.29) is 0 Å². The lowest BCUT2D eigenvalue weighted by Crippen LogP contribution is -2.21. The Morgan fingerprint density at radius 1 is 1.37 bits per heavy atom. The second-order valence-corrected chi connectivity index (χ2v) is 5.13. The van der Waals surface area contributed by atoms with Crippen LogP contribution in [0.3, 0.4) is 0 Å². The number of phenolic OH excluding ortho intramolecular Hbond substituents is 1. The Hall–Kier alpha value is -1.81. The summed E-state index contributed by atoms with van der Waals surface area (Å²) in [4.78, 5) is 4.54. The Balaban J connectivity index is 1.80. The maximum Gasteiger partial charge on any atom is 0.199 e. The minimum absolute atomic E-state index is 0.290. The summed E-state index contributed by atoms with van der Waals surface area (Å²) < 4.78 is 5.82. The molecule has 1 aliphatic rings. The number of rotatable bonds is 3. The second kappa shape index (κ2) is 5.05. The summed E-state index contributed by atoms with van der Waals surface area (Å²) in [5.74, 6) is 2.47. The SMILES string of the molecule is NCC1CCc2nc(Cc3ccccc3O)oc2C1. The first-order valence-corrected chi connectivity index (χ1v) is 6.70. The van der Waals surface area contributed by atoms with Crippen LogP contribution in [0.2, 0.25) is 0 Å². The average molecular weight is 258 g/mol. The molecule has 0 saturated heterocycles. The van der Waals surface area contributed by atoms with Crippen LogP contribution in [0, 0.1) is 5.92 Å². The van der Waals surface area contributed by atoms with Crippen molar-refractivity contribution < 1.29 is 9.52 Å². The molecule has 100 valence electrons. The molecule has 1 heterocycles. The lowest BCUT2D eigenvalue weighted by molar-refractivity contribution is 0.384. The van der Waals surface area contributed by atoms with E-state index in [0.717, 1.165) is 36.3 Å². The number of phenols is 1. The number of aromatic nitrogens is 1. The van der Waals surface area contributed by atoms with Crippen molar-refractivity contribution in [1.82, 2.24) is 4.98 Å². The number of fused-ring (bicyclic) bond motifs is 1. The van der Waals surface area contributed by atoms with Gasteiger partial charge in [-0.2, -0.15) is 0 Å². The summed E-state index contributed by atoms with van der Waals surface area (Å²) in [7, 11) is 0. The zero-order valence-electron chi connectivity index (χ0n) is 10.8. The molecule has 1 aromatic carbocycles. The Morgan fingerprint density at radius 2 is 2.21 bits per heavy atom. The van der Waals surface area contributed by atoms with Gasteiger partial charge < -0.3 is 15.3 Å². The highest BCUT2D eigenvalue weighted by Gasteiger charge is 2.23. The summed E-state index contributed by atoms with van der Waals surface area (Å²) in [6.07, 6.45) is 3.46. The standard InChI is InChI=1S/C15H18N2O2/c16-9-10-5-6-12-14(7-10)19-15(17-12)8-11-3-1-2-4-13(11)18/h1-4,10,18H,5-9,16H2. The van der Waals surface area contributed by atoms with Crippen molar-refractivity contribution in [3.05, 3.63) is 47.2 Å². The fourth-order valence-electron chi connectivity index (χ4n) is 2.60. The summed E-state index contributed by atoms with van der Waals surface area (Å²) in [5, 5.41) is 9.77. The molecule has 0 radical (unpaired) electrons. The first-order valence-electron chi connectivity index (χ1n) is 6.70. The molecule has 0 fully saturated rings. The summed E-state index contributed by atoms with van der Waals surface area (Å²) in [6, 6.07) is 7.29. The topological polar surface area (TPSA) is 72.3 Å². The van der Waals surface area contributed by atoms with Gasteiger partial charge in [0, 0.05) is 12.0 Å². The molecule has 1 unspecified atom stereocenters. The van der Waals surface area contributed by atoms with Gasteiger partial charge in [-0.25, -0.2) is 4.98 Å². The molecule has 4 heteroatoms. The Bertz CT molecular complexity index is 577. The molecule has 0 amide bonds. The highest BCUT2D eigenvalue weighted by atomic mass is 16.4. The molecule has 0 spiro atoms. The number of aromatic hydroxyl groups is 1. The van der Waals surface area contributed by atoms with Crippen LogP contribution in [0.25, 0.3) is 0 Å². The Labute approximate surface area is 112 Å². The third-order valence-electron chi connectivity index (χ3n) is 3.75. The van der Waals surface area contributed by atoms with Crippen LogP contribution in [0.1, 0.15) is 29.3 Å². The van der Waals surface area contributed by atoms with Gasteiger partial charge in [0.15, 0.2) is 5.89 Å². The van der Waals surface area contributed by atoms with E-state index in [1.54, 1.807) is 6.07 Å². The van der Waals surface area contributed by atoms with Crippen molar-refractivity contribution >= 4 is 0 Å². The van der Waals surface area contributed by atoms with Gasteiger partial charge in [-0.3, -0.25) is 0 Å². The van der Waals surface area contributed by atoms with Crippen molar-refractivity contribution in [3.8, 4) is 5.75 Å². The van der Waals surface area contributed by atoms with Gasteiger partial charge in [-0.15, -0.1) is 0 Å². The van der Waals surface area contributed by atoms with Crippen molar-refractivity contribution in [2.45, 2.75) is 25.7 Å². The van der Waals surface area contributed by atoms with E-state index in [1.165, 1.54) is 0 Å². The molecule has 0 bridgehead atoms. The first kappa shape index (κ1) is 12.2. The summed E-state index contributed by atoms with van der Waals surface area (Å²) in [6.45, 7) is 0.703. The van der Waals surface area contributed by atoms with Gasteiger partial charge in [0.1, 0.15) is 11.5 Å². The number of benzene rings is 1. The van der Waals surface area contributed by atoms with Crippen LogP contribution >= 0.6 is 0 Å². The van der Waals surface area contributed by atoms with Gasteiger partial charge in [-0.05, 0) is 31.4 Å². The van der Waals surface area contributed by atoms with Crippen molar-refractivity contribution in [2.75, 3.05) is 6.54 Å². The largest absolute Gasteiger partial charge is 0.508 e. The quantitative estimate of drug-likeness (QED) is 0.883. The average Bonchev–Trinajstić information content (AvgIpc) is 2.82. The smallest absolute Gasteiger partial charge is 0.199 e. The minimum atomic E-state index is 0.290. The van der Waals surface area contributed by atoms with Crippen LogP contribution < -0.4 is 5.73 Å². The van der Waals surface area contributed by atoms with Gasteiger partial charge >= 0.3 is 0 Å². The fraction of sp³-hybridized carbons (Fsp3) is 0.400. The highest BCUT2D eigenvalue weighted by Crippen LogP contribution is 2.27. The van der Waals surface area contributed by atoms with E-state index in [0.29, 0.717) is 30.5 Å². The lowest BCUT2D eigenvalue weighted by Gasteiger charge is -2.17. The molecule has 4 nitrogen and oxygen atoms in total. The molecular formula is C15H18N2O2. The number of oxazole rings is 1. The molecule has 1 atom stereocenters. The monoisotopic (exact) mass is 258 g/mol. The normalized spacial score (nSPS) is 18.3. The van der Waals surface area contributed by atoms with Gasteiger partial charge in [0.05, 0.1) is 12.1 Å². The van der Waals surface area contributed by atoms with Crippen LogP contribution in [0.4, 0.5) is 0 Å². The number of nitrogens with two attached hydrogens (primary N) is 1. The van der Waals surface area contributed by atoms with Crippen LogP contribution in [0.5, 0.6) is 5.75 Å². The zero-order valence-corrected chi connectivity index (χ0v) is 10.8. The van der Waals surface area contributed by atoms with Crippen molar-refractivity contribution in [1.29, 1.82) is 0 Å². The van der Waals surface area contributed by atoms with E-state index >= 15 is 0 Å². The molecule has 0 saturated carbocycles. The number of nitrogens with zero attached hydrogens (tertiary/aromatic N) is 1. The van der Waals surface area contributed by atoms with Gasteiger partial charge in [0.25, 0.3) is 0 Å². The molecule has 1 aliphatic carbocycles. The second-order valence-electron chi connectivity index (χ2n) is 5.13. The Morgan fingerprint density at radius 3 is 3.00 bits per heavy atom. The molecule has 2 aromatic rings. The Kier molecular flexibility index (Phi) is 3.25. The maximum atomic E-state index is 9.77. The van der Waals surface area contributed by atoms with E-state index in [2.05, 4.69) is 4.98 Å². The van der Waals surface area contributed by atoms with Gasteiger partial charge in [0.2, 0.25) is 0 Å². The maximum absolute atomic E-state index is 9.77. The third-order valence-corrected chi connectivity index (χ3v) is 3.75. The van der Waals surface area contributed by atoms with E-state index in [9.17, 15) is 5.11 Å². The van der Waals surface area contributed by atoms with E-state index in [1.807, 2.05) is 18.2 Å². The van der Waals surface area contributed by atoms with Crippen LogP contribution in [0.15, 0.2) is 28.7 Å². The highest BCUT2D eigenvalue weighted by molar-refractivity contribution is 5.34. The van der Waals surface area contributed by atoms with Crippen LogP contribution in [-0.2, 0) is 19.3 Å². The minimum Gasteiger partial charge on any atom is -0.508 e. The van der Waals surface area contributed by atoms with E-state index < -0.39 is 0 Å². The molecule has 19 heavy (non-hydrogen) atoms. The molecule has 1 aromatic heterocycles. The number of hydrogen-bond donors (Lipinski definition) is 2. The van der Waals surface area contributed by atoms with E-state index in [4.69, 9.17) is 10.2 Å². The predicted molar refractivity (Wildman–Crippen MR) is 72.0 cm³/mol. The molecular weight excluding hydrogens is 240 g/mol. The number of aryl methyl sites for hydroxylation is 1. The third kappa shape index (κ3) is 2.49.